The molecule has 3 aliphatic heterocycles. The van der Waals surface area contributed by atoms with Gasteiger partial charge in [0.2, 0.25) is 11.8 Å². The van der Waals surface area contributed by atoms with E-state index >= 15 is 17.6 Å². The van der Waals surface area contributed by atoms with Crippen LogP contribution < -0.4 is 25.0 Å². The average molecular weight is 1110 g/mol. The number of carbonyl (C=O) groups excluding carboxylic acids is 2. The number of anilines is 1. The summed E-state index contributed by atoms with van der Waals surface area (Å²) in [6, 6.07) is 16.9. The molecule has 8 aromatic rings. The highest BCUT2D eigenvalue weighted by Crippen LogP contribution is 2.51. The van der Waals surface area contributed by atoms with E-state index in [9.17, 15) is 19.8 Å². The van der Waals surface area contributed by atoms with Crippen molar-refractivity contribution in [2.45, 2.75) is 95.7 Å². The van der Waals surface area contributed by atoms with Crippen molar-refractivity contribution < 1.29 is 51.6 Å². The smallest absolute Gasteiger partial charge is 0.417 e. The van der Waals surface area contributed by atoms with Crippen LogP contribution in [0.2, 0.25) is 0 Å². The molecule has 11 rings (SSSR count). The number of fused-ring (bicyclic) bond motifs is 4. The number of hydrogen-bond acceptors (Lipinski definition) is 16. The maximum atomic E-state index is 15.9. The van der Waals surface area contributed by atoms with Crippen LogP contribution >= 0.6 is 0 Å². The number of amides is 2. The van der Waals surface area contributed by atoms with Crippen molar-refractivity contribution in [2.24, 2.45) is 5.92 Å². The van der Waals surface area contributed by atoms with Gasteiger partial charge in [0, 0.05) is 84.5 Å². The quantitative estimate of drug-likeness (QED) is 0.0548. The largest absolute Gasteiger partial charge is 0.486 e. The Hall–Kier alpha value is -8.19. The molecule has 5 N–H and O–H groups in total. The number of carbonyl (C=O) groups is 2. The van der Waals surface area contributed by atoms with Crippen LogP contribution in [-0.2, 0) is 27.1 Å². The predicted molar refractivity (Wildman–Crippen MR) is 289 cm³/mol. The number of aliphatic hydroxyl groups is 2. The molecule has 4 aromatic heterocycles. The Balaban J connectivity index is 0.882. The van der Waals surface area contributed by atoms with Crippen molar-refractivity contribution in [1.82, 2.24) is 60.9 Å². The first-order chi connectivity index (χ1) is 39.0. The number of aliphatic hydroxyl groups excluding tert-OH is 2. The number of likely N-dealkylation sites (tertiary alicyclic amines) is 1. The molecule has 24 heteroatoms. The summed E-state index contributed by atoms with van der Waals surface area (Å²) in [6.45, 7) is 7.16. The lowest BCUT2D eigenvalue weighted by Crippen LogP contribution is -2.50. The monoisotopic (exact) mass is 1110 g/mol. The Labute approximate surface area is 461 Å². The molecule has 422 valence electrons. The zero-order chi connectivity index (χ0) is 56.9. The SMILES string of the molecule is CO[C@@H](C)COc1nc(N2C[C@@H]3C[C@H]2CN3)c2cc(C(F)(F)F)c(-c3c(C)c(F)cc4[nH]ncc34)c(OCc3ccc(-c4cn([C@H](C(=O)N5C[C@H](O)C[C@H]5C(=O)N[C@@H](CO)c5ccc(-c6cccnn6)cc5)C(C)C)nn4)cc3)c2n1. The number of β-amino-alcohol motifs (C(OH)–C–C–N with tert-alkyl or cyclic N) is 1. The predicted octanol–water partition coefficient (Wildman–Crippen LogP) is 6.91. The van der Waals surface area contributed by atoms with E-state index in [1.54, 1.807) is 61.8 Å². The molecule has 3 aliphatic rings. The van der Waals surface area contributed by atoms with E-state index in [-0.39, 0.29) is 101 Å². The van der Waals surface area contributed by atoms with Gasteiger partial charge in [-0.3, -0.25) is 14.7 Å². The van der Waals surface area contributed by atoms with Crippen LogP contribution in [-0.4, -0.2) is 143 Å². The number of ether oxygens (including phenoxy) is 3. The standard InChI is InChI=1S/C57H59F4N13O7/c1-29(2)51(55(78)73-24-38(76)18-47(73)54(77)65-46(26-75)35-14-12-33(13-15-35)43-7-6-16-63-68-43)74-25-45(70-71-74)34-10-8-32(9-11-34)28-80-52-49(48-31(4)42(58)20-44-40(48)22-64-69-44)41(57(59,60)61)19-39-50(52)66-56(81-27-30(3)79-5)67-53(39)72-23-36-17-37(72)21-62-36/h6-16,19-20,22,25,29-30,36-38,46-47,51,62,75-76H,17-18,21,23-24,26-28H2,1-5H3,(H,64,69)(H,65,77)/t30-,36-,37-,38+,46-,47-,51-/m0/s1. The number of hydrogen-bond donors (Lipinski definition) is 5. The Bertz CT molecular complexity index is 3600. The van der Waals surface area contributed by atoms with Crippen molar-refractivity contribution in [3.8, 4) is 45.4 Å². The maximum absolute atomic E-state index is 15.9. The first-order valence-corrected chi connectivity index (χ1v) is 26.6. The van der Waals surface area contributed by atoms with E-state index in [4.69, 9.17) is 24.2 Å². The number of halogens is 4. The number of nitrogens with zero attached hydrogens (tertiary/aromatic N) is 10. The number of piperazine rings is 1. The van der Waals surface area contributed by atoms with Crippen LogP contribution in [0.1, 0.15) is 68.0 Å². The summed E-state index contributed by atoms with van der Waals surface area (Å²) in [5, 5.41) is 51.4. The van der Waals surface area contributed by atoms with Crippen LogP contribution in [0, 0.1) is 18.7 Å². The first-order valence-electron chi connectivity index (χ1n) is 26.6. The second-order valence-electron chi connectivity index (χ2n) is 21.2. The van der Waals surface area contributed by atoms with E-state index in [0.717, 1.165) is 18.1 Å². The lowest BCUT2D eigenvalue weighted by Gasteiger charge is -2.30. The summed E-state index contributed by atoms with van der Waals surface area (Å²) < 4.78 is 83.0. The summed E-state index contributed by atoms with van der Waals surface area (Å²) in [5.74, 6) is -2.15. The third kappa shape index (κ3) is 10.8. The Morgan fingerprint density at radius 1 is 0.926 bits per heavy atom. The number of rotatable bonds is 18. The fourth-order valence-corrected chi connectivity index (χ4v) is 11.2. The molecule has 0 radical (unpaired) electrons. The Morgan fingerprint density at radius 3 is 2.37 bits per heavy atom. The topological polar surface area (TPSA) is 244 Å². The molecule has 0 spiro atoms. The molecule has 2 bridgehead atoms. The minimum absolute atomic E-state index is 0.0210. The molecule has 81 heavy (non-hydrogen) atoms. The van der Waals surface area contributed by atoms with E-state index in [2.05, 4.69) is 41.3 Å². The van der Waals surface area contributed by atoms with E-state index in [0.29, 0.717) is 41.2 Å². The van der Waals surface area contributed by atoms with Gasteiger partial charge in [-0.2, -0.15) is 38.4 Å². The van der Waals surface area contributed by atoms with Crippen molar-refractivity contribution in [3.63, 3.8) is 0 Å². The molecule has 20 nitrogen and oxygen atoms in total. The molecule has 0 aliphatic carbocycles. The minimum atomic E-state index is -4.98. The van der Waals surface area contributed by atoms with Gasteiger partial charge in [-0.1, -0.05) is 67.6 Å². The molecule has 3 saturated heterocycles. The van der Waals surface area contributed by atoms with Crippen molar-refractivity contribution in [3.05, 3.63) is 119 Å². The summed E-state index contributed by atoms with van der Waals surface area (Å²) in [6.07, 6.45) is -1.08. The number of aromatic amines is 1. The van der Waals surface area contributed by atoms with Gasteiger partial charge in [-0.15, -0.1) is 5.10 Å². The van der Waals surface area contributed by atoms with Gasteiger partial charge in [-0.05, 0) is 67.1 Å². The van der Waals surface area contributed by atoms with E-state index < -0.39 is 65.8 Å². The van der Waals surface area contributed by atoms with Gasteiger partial charge in [0.15, 0.2) is 5.75 Å². The fraction of sp³-hybridized carbons (Fsp3) is 0.386. The van der Waals surface area contributed by atoms with E-state index in [1.807, 2.05) is 36.9 Å². The zero-order valence-electron chi connectivity index (χ0n) is 44.9. The minimum Gasteiger partial charge on any atom is -0.486 e. The van der Waals surface area contributed by atoms with Crippen LogP contribution in [0.25, 0.3) is 55.4 Å². The molecular formula is C57H59F4N13O7. The lowest BCUT2D eigenvalue weighted by atomic mass is 9.90. The number of nitrogens with one attached hydrogen (secondary N) is 3. The summed E-state index contributed by atoms with van der Waals surface area (Å²) >= 11 is 0. The van der Waals surface area contributed by atoms with Crippen molar-refractivity contribution in [2.75, 3.05) is 44.9 Å². The van der Waals surface area contributed by atoms with Crippen molar-refractivity contribution >= 4 is 39.4 Å². The van der Waals surface area contributed by atoms with Gasteiger partial charge in [0.25, 0.3) is 0 Å². The molecular weight excluding hydrogens is 1050 g/mol. The summed E-state index contributed by atoms with van der Waals surface area (Å²) in [4.78, 5) is 41.3. The van der Waals surface area contributed by atoms with E-state index in [1.165, 1.54) is 35.9 Å². The molecule has 7 heterocycles. The molecule has 0 unspecified atom stereocenters. The third-order valence-corrected chi connectivity index (χ3v) is 15.4. The summed E-state index contributed by atoms with van der Waals surface area (Å²) in [5.41, 5.74) is 2.11. The highest BCUT2D eigenvalue weighted by molar-refractivity contribution is 6.06. The number of aromatic nitrogens is 9. The molecule has 0 saturated carbocycles. The second-order valence-corrected chi connectivity index (χ2v) is 21.2. The highest BCUT2D eigenvalue weighted by Gasteiger charge is 2.45. The number of benzene rings is 4. The van der Waals surface area contributed by atoms with Crippen LogP contribution in [0.15, 0.2) is 91.4 Å². The van der Waals surface area contributed by atoms with Gasteiger partial charge in [0.05, 0.1) is 54.0 Å². The molecule has 7 atom stereocenters. The molecule has 3 fully saturated rings. The Morgan fingerprint density at radius 2 is 1.69 bits per heavy atom. The average Bonchev–Trinajstić information content (AvgIpc) is 3.76. The number of alkyl halides is 3. The van der Waals surface area contributed by atoms with Gasteiger partial charge in [0.1, 0.15) is 48.1 Å². The lowest BCUT2D eigenvalue weighted by molar-refractivity contribution is -0.142. The fourth-order valence-electron chi connectivity index (χ4n) is 11.2. The van der Waals surface area contributed by atoms with Crippen LogP contribution in [0.5, 0.6) is 11.8 Å². The normalized spacial score (nSPS) is 19.2. The third-order valence-electron chi connectivity index (χ3n) is 15.4. The summed E-state index contributed by atoms with van der Waals surface area (Å²) in [7, 11) is 1.52. The van der Waals surface area contributed by atoms with Crippen LogP contribution in [0.4, 0.5) is 23.4 Å². The highest BCUT2D eigenvalue weighted by atomic mass is 19.4. The number of H-pyrrole nitrogens is 1. The van der Waals surface area contributed by atoms with Crippen LogP contribution in [0.3, 0.4) is 0 Å². The zero-order valence-corrected chi connectivity index (χ0v) is 44.9. The number of methoxy groups -OCH3 is 1. The second kappa shape index (κ2) is 22.4. The van der Waals surface area contributed by atoms with Crippen molar-refractivity contribution in [1.29, 1.82) is 0 Å². The van der Waals surface area contributed by atoms with Gasteiger partial charge >= 0.3 is 12.2 Å². The first kappa shape index (κ1) is 54.8. The Kier molecular flexibility index (Phi) is 15.1. The molecule has 2 amide bonds. The van der Waals surface area contributed by atoms with Gasteiger partial charge in [-0.25, -0.2) is 9.07 Å². The van der Waals surface area contributed by atoms with Gasteiger partial charge < -0.3 is 44.9 Å². The molecule has 4 aromatic carbocycles. The maximum Gasteiger partial charge on any atom is 0.417 e.